The van der Waals surface area contributed by atoms with Gasteiger partial charge in [0.2, 0.25) is 5.91 Å². The van der Waals surface area contributed by atoms with Gasteiger partial charge in [-0.25, -0.2) is 4.39 Å². The molecule has 1 amide bonds. The molecule has 0 aliphatic heterocycles. The summed E-state index contributed by atoms with van der Waals surface area (Å²) in [5, 5.41) is 8.92. The van der Waals surface area contributed by atoms with Crippen LogP contribution in [0.1, 0.15) is 13.3 Å². The molecular weight excluding hydrogens is 237 g/mol. The molecule has 5 heteroatoms. The van der Waals surface area contributed by atoms with E-state index in [9.17, 15) is 9.18 Å². The SMILES string of the molecule is CC(CO)N(C)C(=O)CCOc1ccc(F)cc1. The number of aliphatic hydroxyl groups excluding tert-OH is 1. The molecule has 4 nitrogen and oxygen atoms in total. The van der Waals surface area contributed by atoms with Crippen molar-refractivity contribution < 1.29 is 19.0 Å². The third-order valence-electron chi connectivity index (χ3n) is 2.72. The Hall–Kier alpha value is -1.62. The number of carbonyl (C=O) groups is 1. The molecule has 1 rings (SSSR count). The van der Waals surface area contributed by atoms with Crippen molar-refractivity contribution in [2.24, 2.45) is 0 Å². The normalized spacial score (nSPS) is 12.0. The van der Waals surface area contributed by atoms with Crippen molar-refractivity contribution in [2.45, 2.75) is 19.4 Å². The molecule has 1 aromatic carbocycles. The largest absolute Gasteiger partial charge is 0.493 e. The van der Waals surface area contributed by atoms with E-state index in [4.69, 9.17) is 9.84 Å². The second-order valence-corrected chi connectivity index (χ2v) is 4.09. The number of ether oxygens (including phenoxy) is 1. The van der Waals surface area contributed by atoms with Crippen molar-refractivity contribution in [3.8, 4) is 5.75 Å². The number of halogens is 1. The quantitative estimate of drug-likeness (QED) is 0.836. The van der Waals surface area contributed by atoms with Gasteiger partial charge >= 0.3 is 0 Å². The molecule has 0 saturated heterocycles. The average Bonchev–Trinajstić information content (AvgIpc) is 2.39. The molecule has 1 aromatic rings. The second-order valence-electron chi connectivity index (χ2n) is 4.09. The molecule has 0 radical (unpaired) electrons. The summed E-state index contributed by atoms with van der Waals surface area (Å²) in [6, 6.07) is 5.43. The van der Waals surface area contributed by atoms with Gasteiger partial charge in [-0.05, 0) is 31.2 Å². The van der Waals surface area contributed by atoms with Crippen molar-refractivity contribution in [1.29, 1.82) is 0 Å². The maximum absolute atomic E-state index is 12.6. The van der Waals surface area contributed by atoms with Gasteiger partial charge in [0.15, 0.2) is 0 Å². The monoisotopic (exact) mass is 255 g/mol. The summed E-state index contributed by atoms with van der Waals surface area (Å²) in [4.78, 5) is 13.1. The molecule has 18 heavy (non-hydrogen) atoms. The standard InChI is InChI=1S/C13H18FNO3/c1-10(9-16)15(2)13(17)7-8-18-12-5-3-11(14)4-6-12/h3-6,10,16H,7-9H2,1-2H3. The maximum Gasteiger partial charge on any atom is 0.226 e. The number of aliphatic hydroxyl groups is 1. The number of benzene rings is 1. The average molecular weight is 255 g/mol. The van der Waals surface area contributed by atoms with Gasteiger partial charge in [-0.3, -0.25) is 4.79 Å². The van der Waals surface area contributed by atoms with Crippen molar-refractivity contribution >= 4 is 5.91 Å². The summed E-state index contributed by atoms with van der Waals surface area (Å²) in [6.07, 6.45) is 0.220. The van der Waals surface area contributed by atoms with Crippen molar-refractivity contribution in [3.63, 3.8) is 0 Å². The molecule has 0 aromatic heterocycles. The highest BCUT2D eigenvalue weighted by atomic mass is 19.1. The van der Waals surface area contributed by atoms with Crippen molar-refractivity contribution in [2.75, 3.05) is 20.3 Å². The van der Waals surface area contributed by atoms with Crippen molar-refractivity contribution in [1.82, 2.24) is 4.90 Å². The summed E-state index contributed by atoms with van der Waals surface area (Å²) >= 11 is 0. The molecule has 0 heterocycles. The van der Waals surface area contributed by atoms with E-state index in [-0.39, 0.29) is 37.4 Å². The van der Waals surface area contributed by atoms with E-state index in [0.717, 1.165) is 0 Å². The lowest BCUT2D eigenvalue weighted by molar-refractivity contribution is -0.132. The third-order valence-corrected chi connectivity index (χ3v) is 2.72. The van der Waals surface area contributed by atoms with Gasteiger partial charge in [-0.2, -0.15) is 0 Å². The predicted octanol–water partition coefficient (Wildman–Crippen LogP) is 1.43. The van der Waals surface area contributed by atoms with Crippen LogP contribution in [0.2, 0.25) is 0 Å². The number of carbonyl (C=O) groups excluding carboxylic acids is 1. The molecule has 0 saturated carbocycles. The van der Waals surface area contributed by atoms with Crippen LogP contribution >= 0.6 is 0 Å². The topological polar surface area (TPSA) is 49.8 Å². The van der Waals surface area contributed by atoms with Crippen LogP contribution in [0.5, 0.6) is 5.75 Å². The molecule has 1 unspecified atom stereocenters. The first-order valence-electron chi connectivity index (χ1n) is 5.79. The Balaban J connectivity index is 2.33. The molecular formula is C13H18FNO3. The minimum absolute atomic E-state index is 0.0684. The molecule has 0 fully saturated rings. The van der Waals surface area contributed by atoms with Gasteiger partial charge in [0.1, 0.15) is 11.6 Å². The minimum Gasteiger partial charge on any atom is -0.493 e. The molecule has 100 valence electrons. The minimum atomic E-state index is -0.324. The number of likely N-dealkylation sites (N-methyl/N-ethyl adjacent to an activating group) is 1. The Bertz CT molecular complexity index is 380. The van der Waals surface area contributed by atoms with E-state index in [0.29, 0.717) is 5.75 Å². The van der Waals surface area contributed by atoms with Gasteiger partial charge < -0.3 is 14.7 Å². The van der Waals surface area contributed by atoms with Gasteiger partial charge in [0.25, 0.3) is 0 Å². The molecule has 0 spiro atoms. The van der Waals surface area contributed by atoms with Crippen LogP contribution < -0.4 is 4.74 Å². The number of hydrogen-bond acceptors (Lipinski definition) is 3. The zero-order chi connectivity index (χ0) is 13.5. The zero-order valence-corrected chi connectivity index (χ0v) is 10.6. The van der Waals surface area contributed by atoms with E-state index in [1.807, 2.05) is 0 Å². The third kappa shape index (κ3) is 4.33. The fourth-order valence-electron chi connectivity index (χ4n) is 1.33. The molecule has 1 N–H and O–H groups in total. The summed E-state index contributed by atoms with van der Waals surface area (Å²) in [6.45, 7) is 1.92. The van der Waals surface area contributed by atoms with Crippen LogP contribution in [-0.2, 0) is 4.79 Å². The summed E-state index contributed by atoms with van der Waals surface area (Å²) in [7, 11) is 1.64. The van der Waals surface area contributed by atoms with Crippen molar-refractivity contribution in [3.05, 3.63) is 30.1 Å². The Morgan fingerprint density at radius 3 is 2.61 bits per heavy atom. The second kappa shape index (κ2) is 6.96. The highest BCUT2D eigenvalue weighted by Crippen LogP contribution is 2.11. The van der Waals surface area contributed by atoms with Crippen LogP contribution in [0.15, 0.2) is 24.3 Å². The number of amides is 1. The molecule has 0 aliphatic rings. The van der Waals surface area contributed by atoms with E-state index in [1.54, 1.807) is 14.0 Å². The van der Waals surface area contributed by atoms with Crippen LogP contribution in [0.3, 0.4) is 0 Å². The molecule has 0 bridgehead atoms. The highest BCUT2D eigenvalue weighted by Gasteiger charge is 2.14. The first-order chi connectivity index (χ1) is 8.54. The summed E-state index contributed by atoms with van der Waals surface area (Å²) in [5.41, 5.74) is 0. The lowest BCUT2D eigenvalue weighted by Crippen LogP contribution is -2.37. The van der Waals surface area contributed by atoms with Gasteiger partial charge in [-0.15, -0.1) is 0 Å². The van der Waals surface area contributed by atoms with Gasteiger partial charge in [-0.1, -0.05) is 0 Å². The smallest absolute Gasteiger partial charge is 0.226 e. The highest BCUT2D eigenvalue weighted by molar-refractivity contribution is 5.76. The van der Waals surface area contributed by atoms with Gasteiger partial charge in [0.05, 0.1) is 25.7 Å². The maximum atomic E-state index is 12.6. The number of hydrogen-bond donors (Lipinski definition) is 1. The number of nitrogens with zero attached hydrogens (tertiary/aromatic N) is 1. The summed E-state index contributed by atoms with van der Waals surface area (Å²) in [5.74, 6) is 0.107. The number of rotatable bonds is 6. The Morgan fingerprint density at radius 2 is 2.06 bits per heavy atom. The first kappa shape index (κ1) is 14.4. The Labute approximate surface area is 106 Å². The lowest BCUT2D eigenvalue weighted by atomic mass is 10.3. The lowest BCUT2D eigenvalue weighted by Gasteiger charge is -2.23. The first-order valence-corrected chi connectivity index (χ1v) is 5.79. The fourth-order valence-corrected chi connectivity index (χ4v) is 1.33. The molecule has 0 aliphatic carbocycles. The van der Waals surface area contributed by atoms with Crippen LogP contribution in [-0.4, -0.2) is 42.2 Å². The van der Waals surface area contributed by atoms with Gasteiger partial charge in [0, 0.05) is 7.05 Å². The Kier molecular flexibility index (Phi) is 5.58. The van der Waals surface area contributed by atoms with E-state index < -0.39 is 0 Å². The predicted molar refractivity (Wildman–Crippen MR) is 65.8 cm³/mol. The van der Waals surface area contributed by atoms with E-state index in [2.05, 4.69) is 0 Å². The van der Waals surface area contributed by atoms with Crippen LogP contribution in [0, 0.1) is 5.82 Å². The zero-order valence-electron chi connectivity index (χ0n) is 10.6. The molecule has 1 atom stereocenters. The van der Waals surface area contributed by atoms with Crippen LogP contribution in [0.4, 0.5) is 4.39 Å². The van der Waals surface area contributed by atoms with E-state index >= 15 is 0 Å². The fraction of sp³-hybridized carbons (Fsp3) is 0.462. The van der Waals surface area contributed by atoms with Crippen LogP contribution in [0.25, 0.3) is 0 Å². The summed E-state index contributed by atoms with van der Waals surface area (Å²) < 4.78 is 17.9. The Morgan fingerprint density at radius 1 is 1.44 bits per heavy atom. The van der Waals surface area contributed by atoms with E-state index in [1.165, 1.54) is 29.2 Å².